The first-order valence-electron chi connectivity index (χ1n) is 9.99. The molecule has 0 aliphatic heterocycles. The zero-order chi connectivity index (χ0) is 15.6. The van der Waals surface area contributed by atoms with Gasteiger partial charge in [0.25, 0.3) is 0 Å². The summed E-state index contributed by atoms with van der Waals surface area (Å²) in [6, 6.07) is 0. The number of aliphatic hydroxyl groups excluding tert-OH is 1. The van der Waals surface area contributed by atoms with Crippen molar-refractivity contribution < 1.29 is 5.11 Å². The molecule has 0 amide bonds. The van der Waals surface area contributed by atoms with E-state index >= 15 is 0 Å². The molecule has 0 spiro atoms. The van der Waals surface area contributed by atoms with Gasteiger partial charge in [-0.25, -0.2) is 0 Å². The van der Waals surface area contributed by atoms with E-state index < -0.39 is 0 Å². The predicted molar refractivity (Wildman–Crippen MR) is 95.8 cm³/mol. The van der Waals surface area contributed by atoms with Gasteiger partial charge in [-0.2, -0.15) is 0 Å². The highest BCUT2D eigenvalue weighted by molar-refractivity contribution is 4.55. The summed E-state index contributed by atoms with van der Waals surface area (Å²) in [7, 11) is 0. The lowest BCUT2D eigenvalue weighted by molar-refractivity contribution is 0.150. The molecule has 128 valence electrons. The van der Waals surface area contributed by atoms with Crippen LogP contribution in [0.3, 0.4) is 0 Å². The van der Waals surface area contributed by atoms with Gasteiger partial charge in [0.05, 0.1) is 6.10 Å². The molecule has 1 nitrogen and oxygen atoms in total. The maximum absolute atomic E-state index is 9.64. The van der Waals surface area contributed by atoms with Crippen molar-refractivity contribution in [3.05, 3.63) is 0 Å². The number of unbranched alkanes of at least 4 members (excludes halogenated alkanes) is 13. The fraction of sp³-hybridized carbons (Fsp3) is 1.00. The first kappa shape index (κ1) is 21.0. The van der Waals surface area contributed by atoms with Crippen LogP contribution in [0.1, 0.15) is 123 Å². The van der Waals surface area contributed by atoms with Gasteiger partial charge in [0.2, 0.25) is 0 Å². The Morgan fingerprint density at radius 1 is 0.476 bits per heavy atom. The second-order valence-corrected chi connectivity index (χ2v) is 6.83. The molecule has 0 unspecified atom stereocenters. The molecule has 0 heterocycles. The molecule has 1 N–H and O–H groups in total. The Kier molecular flexibility index (Phi) is 18.0. The summed E-state index contributed by atoms with van der Waals surface area (Å²) in [5, 5.41) is 9.64. The van der Waals surface area contributed by atoms with Gasteiger partial charge >= 0.3 is 0 Å². The standard InChI is InChI=1S/C20H42O/c1-3-5-6-7-8-9-10-11-12-13-14-15-16-17-19-20(21)18-4-2/h20-21H,3-19H2,1-2H3/t20-/m0/s1. The SMILES string of the molecule is CCCCCCCCCCCCCCCC[C@@H](O)CCC. The quantitative estimate of drug-likeness (QED) is 0.286. The van der Waals surface area contributed by atoms with Crippen LogP contribution < -0.4 is 0 Å². The fourth-order valence-electron chi connectivity index (χ4n) is 3.05. The Morgan fingerprint density at radius 2 is 0.857 bits per heavy atom. The molecule has 0 aromatic carbocycles. The van der Waals surface area contributed by atoms with Crippen molar-refractivity contribution in [3.8, 4) is 0 Å². The molecule has 0 radical (unpaired) electrons. The summed E-state index contributed by atoms with van der Waals surface area (Å²) in [5.74, 6) is 0. The minimum absolute atomic E-state index is 0.0349. The van der Waals surface area contributed by atoms with Crippen molar-refractivity contribution in [1.82, 2.24) is 0 Å². The minimum atomic E-state index is -0.0349. The van der Waals surface area contributed by atoms with Crippen LogP contribution >= 0.6 is 0 Å². The van der Waals surface area contributed by atoms with Gasteiger partial charge in [-0.1, -0.05) is 110 Å². The molecule has 0 bridgehead atoms. The molecule has 21 heavy (non-hydrogen) atoms. The van der Waals surface area contributed by atoms with E-state index in [1.807, 2.05) is 0 Å². The Bertz CT molecular complexity index is 179. The molecule has 0 saturated heterocycles. The molecule has 0 rings (SSSR count). The van der Waals surface area contributed by atoms with E-state index in [1.165, 1.54) is 89.9 Å². The number of hydrogen-bond donors (Lipinski definition) is 1. The van der Waals surface area contributed by atoms with Gasteiger partial charge in [-0.15, -0.1) is 0 Å². The van der Waals surface area contributed by atoms with E-state index in [1.54, 1.807) is 0 Å². The molecular weight excluding hydrogens is 256 g/mol. The van der Waals surface area contributed by atoms with Crippen LogP contribution in [0.2, 0.25) is 0 Å². The molecule has 0 fully saturated rings. The van der Waals surface area contributed by atoms with Gasteiger partial charge in [0, 0.05) is 0 Å². The van der Waals surface area contributed by atoms with Gasteiger partial charge in [-0.3, -0.25) is 0 Å². The highest BCUT2D eigenvalue weighted by Crippen LogP contribution is 2.14. The van der Waals surface area contributed by atoms with Crippen molar-refractivity contribution in [2.75, 3.05) is 0 Å². The highest BCUT2D eigenvalue weighted by atomic mass is 16.3. The second kappa shape index (κ2) is 18.0. The van der Waals surface area contributed by atoms with Crippen molar-refractivity contribution >= 4 is 0 Å². The van der Waals surface area contributed by atoms with Crippen LogP contribution in [0.15, 0.2) is 0 Å². The average molecular weight is 299 g/mol. The third kappa shape index (κ3) is 17.9. The van der Waals surface area contributed by atoms with Gasteiger partial charge in [-0.05, 0) is 12.8 Å². The summed E-state index contributed by atoms with van der Waals surface area (Å²) in [5.41, 5.74) is 0. The Labute approximate surface area is 134 Å². The van der Waals surface area contributed by atoms with Crippen molar-refractivity contribution in [2.24, 2.45) is 0 Å². The minimum Gasteiger partial charge on any atom is -0.393 e. The Morgan fingerprint density at radius 3 is 1.24 bits per heavy atom. The molecule has 0 aromatic heterocycles. The third-order valence-corrected chi connectivity index (χ3v) is 4.51. The Balaban J connectivity index is 2.99. The highest BCUT2D eigenvalue weighted by Gasteiger charge is 2.01. The second-order valence-electron chi connectivity index (χ2n) is 6.83. The van der Waals surface area contributed by atoms with Crippen molar-refractivity contribution in [1.29, 1.82) is 0 Å². The first-order valence-corrected chi connectivity index (χ1v) is 9.99. The third-order valence-electron chi connectivity index (χ3n) is 4.51. The molecule has 1 heteroatoms. The van der Waals surface area contributed by atoms with Gasteiger partial charge < -0.3 is 5.11 Å². The zero-order valence-electron chi connectivity index (χ0n) is 15.0. The largest absolute Gasteiger partial charge is 0.393 e. The van der Waals surface area contributed by atoms with E-state index in [-0.39, 0.29) is 6.10 Å². The van der Waals surface area contributed by atoms with Crippen molar-refractivity contribution in [2.45, 2.75) is 129 Å². The van der Waals surface area contributed by atoms with E-state index in [4.69, 9.17) is 0 Å². The normalized spacial score (nSPS) is 12.7. The zero-order valence-corrected chi connectivity index (χ0v) is 15.0. The molecule has 1 atom stereocenters. The Hall–Kier alpha value is -0.0400. The number of rotatable bonds is 17. The average Bonchev–Trinajstić information content (AvgIpc) is 2.48. The van der Waals surface area contributed by atoms with Crippen LogP contribution in [0.5, 0.6) is 0 Å². The van der Waals surface area contributed by atoms with E-state index in [2.05, 4.69) is 13.8 Å². The molecule has 0 aromatic rings. The monoisotopic (exact) mass is 298 g/mol. The lowest BCUT2D eigenvalue weighted by Gasteiger charge is -2.08. The first-order chi connectivity index (χ1) is 10.3. The summed E-state index contributed by atoms with van der Waals surface area (Å²) in [6.45, 7) is 4.43. The topological polar surface area (TPSA) is 20.2 Å². The van der Waals surface area contributed by atoms with Crippen LogP contribution in [0, 0.1) is 0 Å². The fourth-order valence-corrected chi connectivity index (χ4v) is 3.05. The van der Waals surface area contributed by atoms with Gasteiger partial charge in [0.1, 0.15) is 0 Å². The van der Waals surface area contributed by atoms with Crippen LogP contribution in [0.25, 0.3) is 0 Å². The lowest BCUT2D eigenvalue weighted by atomic mass is 10.0. The molecule has 0 saturated carbocycles. The maximum atomic E-state index is 9.64. The molecule has 0 aliphatic carbocycles. The molecular formula is C20H42O. The summed E-state index contributed by atoms with van der Waals surface area (Å²) in [4.78, 5) is 0. The summed E-state index contributed by atoms with van der Waals surface area (Å²) < 4.78 is 0. The van der Waals surface area contributed by atoms with Gasteiger partial charge in [0.15, 0.2) is 0 Å². The lowest BCUT2D eigenvalue weighted by Crippen LogP contribution is -2.04. The number of aliphatic hydroxyl groups is 1. The van der Waals surface area contributed by atoms with Crippen molar-refractivity contribution in [3.63, 3.8) is 0 Å². The van der Waals surface area contributed by atoms with E-state index in [9.17, 15) is 5.11 Å². The number of hydrogen-bond acceptors (Lipinski definition) is 1. The summed E-state index contributed by atoms with van der Waals surface area (Å²) in [6.07, 6.45) is 22.8. The molecule has 0 aliphatic rings. The maximum Gasteiger partial charge on any atom is 0.0540 e. The van der Waals surface area contributed by atoms with Crippen LogP contribution in [0.4, 0.5) is 0 Å². The summed E-state index contributed by atoms with van der Waals surface area (Å²) >= 11 is 0. The van der Waals surface area contributed by atoms with E-state index in [0.717, 1.165) is 19.3 Å². The van der Waals surface area contributed by atoms with Crippen LogP contribution in [-0.2, 0) is 0 Å². The van der Waals surface area contributed by atoms with E-state index in [0.29, 0.717) is 0 Å². The smallest absolute Gasteiger partial charge is 0.0540 e. The predicted octanol–water partition coefficient (Wildman–Crippen LogP) is 7.02. The van der Waals surface area contributed by atoms with Crippen LogP contribution in [-0.4, -0.2) is 11.2 Å².